The molecule has 3 fully saturated rings. The molecule has 45 heavy (non-hydrogen) atoms. The second kappa shape index (κ2) is 15.2. The highest BCUT2D eigenvalue weighted by Crippen LogP contribution is 2.40. The first kappa shape index (κ1) is 34.9. The van der Waals surface area contributed by atoms with Crippen LogP contribution < -0.4 is 0 Å². The Kier molecular flexibility index (Phi) is 11.8. The molecule has 0 N–H and O–H groups in total. The fourth-order valence-corrected chi connectivity index (χ4v) is 10.5. The largest absolute Gasteiger partial charge is 0.370 e. The van der Waals surface area contributed by atoms with Crippen LogP contribution in [0.25, 0.3) is 0 Å². The van der Waals surface area contributed by atoms with Gasteiger partial charge in [-0.25, -0.2) is 8.42 Å². The van der Waals surface area contributed by atoms with E-state index in [9.17, 15) is 13.2 Å². The Hall–Kier alpha value is -1.43. The molecule has 0 bridgehead atoms. The van der Waals surface area contributed by atoms with Crippen LogP contribution in [0.2, 0.25) is 15.1 Å². The average molecular weight is 700 g/mol. The first-order valence-corrected chi connectivity index (χ1v) is 18.5. The SMILES string of the molecule is CN1CCN(C2(Cc3ccccc3)CCC(CN(C)C(=O)COCC3CCCN3S(=O)(=O)c3c(Cl)cc(Cl)cc3Cl)CC2)CC1. The van der Waals surface area contributed by atoms with E-state index in [0.717, 1.165) is 58.3 Å². The van der Waals surface area contributed by atoms with Gasteiger partial charge in [0.25, 0.3) is 0 Å². The van der Waals surface area contributed by atoms with Crippen LogP contribution in [0.4, 0.5) is 0 Å². The number of hydrogen-bond acceptors (Lipinski definition) is 6. The number of carbonyl (C=O) groups excluding carboxylic acids is 1. The molecule has 12 heteroatoms. The molecule has 1 saturated carbocycles. The molecule has 3 aliphatic rings. The molecule has 1 atom stereocenters. The molecule has 0 aromatic heterocycles. The minimum atomic E-state index is -3.96. The summed E-state index contributed by atoms with van der Waals surface area (Å²) in [6, 6.07) is 13.2. The number of rotatable bonds is 11. The van der Waals surface area contributed by atoms with Crippen LogP contribution >= 0.6 is 34.8 Å². The van der Waals surface area contributed by atoms with Gasteiger partial charge in [-0.15, -0.1) is 0 Å². The smallest absolute Gasteiger partial charge is 0.248 e. The van der Waals surface area contributed by atoms with Gasteiger partial charge < -0.3 is 14.5 Å². The maximum absolute atomic E-state index is 13.5. The molecular weight excluding hydrogens is 655 g/mol. The third kappa shape index (κ3) is 8.36. The highest BCUT2D eigenvalue weighted by molar-refractivity contribution is 7.89. The van der Waals surface area contributed by atoms with Crippen LogP contribution in [0.1, 0.15) is 44.1 Å². The number of nitrogens with zero attached hydrogens (tertiary/aromatic N) is 4. The Bertz CT molecular complexity index is 1390. The maximum Gasteiger partial charge on any atom is 0.248 e. The maximum atomic E-state index is 13.5. The van der Waals surface area contributed by atoms with Crippen molar-refractivity contribution in [3.05, 3.63) is 63.1 Å². The van der Waals surface area contributed by atoms with Gasteiger partial charge >= 0.3 is 0 Å². The molecule has 2 aromatic carbocycles. The number of hydrogen-bond donors (Lipinski definition) is 0. The fourth-order valence-electron chi connectivity index (χ4n) is 7.33. The molecule has 5 rings (SSSR count). The van der Waals surface area contributed by atoms with E-state index in [1.165, 1.54) is 22.0 Å². The van der Waals surface area contributed by atoms with Crippen molar-refractivity contribution in [2.45, 2.75) is 61.4 Å². The van der Waals surface area contributed by atoms with Crippen molar-refractivity contribution < 1.29 is 17.9 Å². The second-order valence-electron chi connectivity index (χ2n) is 13.0. The Morgan fingerprint density at radius 1 is 0.978 bits per heavy atom. The summed E-state index contributed by atoms with van der Waals surface area (Å²) in [7, 11) is 0.0811. The van der Waals surface area contributed by atoms with Crippen molar-refractivity contribution in [2.24, 2.45) is 5.92 Å². The van der Waals surface area contributed by atoms with Crippen molar-refractivity contribution in [1.82, 2.24) is 19.0 Å². The quantitative estimate of drug-likeness (QED) is 0.300. The second-order valence-corrected chi connectivity index (χ2v) is 16.1. The number of sulfonamides is 1. The summed E-state index contributed by atoms with van der Waals surface area (Å²) in [5.74, 6) is 0.353. The lowest BCUT2D eigenvalue weighted by Crippen LogP contribution is -2.59. The lowest BCUT2D eigenvalue weighted by atomic mass is 9.72. The number of halogens is 3. The number of piperazine rings is 1. The third-order valence-corrected chi connectivity index (χ3v) is 13.0. The zero-order valence-corrected chi connectivity index (χ0v) is 29.4. The molecular formula is C33H45Cl3N4O4S. The minimum Gasteiger partial charge on any atom is -0.370 e. The number of ether oxygens (including phenoxy) is 1. The Labute approximate surface area is 283 Å². The minimum absolute atomic E-state index is 0.0144. The van der Waals surface area contributed by atoms with Gasteiger partial charge in [-0.3, -0.25) is 9.69 Å². The van der Waals surface area contributed by atoms with Gasteiger partial charge in [-0.1, -0.05) is 65.1 Å². The zero-order chi connectivity index (χ0) is 32.2. The van der Waals surface area contributed by atoms with Crippen LogP contribution in [0.5, 0.6) is 0 Å². The zero-order valence-electron chi connectivity index (χ0n) is 26.3. The van der Waals surface area contributed by atoms with E-state index in [1.807, 2.05) is 7.05 Å². The summed E-state index contributed by atoms with van der Waals surface area (Å²) < 4.78 is 34.1. The molecule has 2 heterocycles. The number of amides is 1. The lowest BCUT2D eigenvalue weighted by molar-refractivity contribution is -0.136. The van der Waals surface area contributed by atoms with Gasteiger partial charge in [0.05, 0.1) is 16.7 Å². The number of likely N-dealkylation sites (N-methyl/N-ethyl adjacent to an activating group) is 2. The van der Waals surface area contributed by atoms with Crippen molar-refractivity contribution >= 4 is 50.7 Å². The summed E-state index contributed by atoms with van der Waals surface area (Å²) in [5.41, 5.74) is 1.56. The van der Waals surface area contributed by atoms with Crippen molar-refractivity contribution in [1.29, 1.82) is 0 Å². The van der Waals surface area contributed by atoms with E-state index in [0.29, 0.717) is 31.8 Å². The summed E-state index contributed by atoms with van der Waals surface area (Å²) in [5, 5.41) is 0.238. The predicted octanol–water partition coefficient (Wildman–Crippen LogP) is 5.69. The van der Waals surface area contributed by atoms with Crippen LogP contribution in [-0.4, -0.2) is 111 Å². The molecule has 8 nitrogen and oxygen atoms in total. The first-order chi connectivity index (χ1) is 21.5. The van der Waals surface area contributed by atoms with E-state index < -0.39 is 16.1 Å². The Morgan fingerprint density at radius 2 is 1.62 bits per heavy atom. The molecule has 1 amide bonds. The normalized spacial score (nSPS) is 25.4. The van der Waals surface area contributed by atoms with Gasteiger partial charge in [0.2, 0.25) is 15.9 Å². The average Bonchev–Trinajstić information content (AvgIpc) is 3.48. The fraction of sp³-hybridized carbons (Fsp3) is 0.606. The third-order valence-electron chi connectivity index (χ3n) is 9.93. The molecule has 0 radical (unpaired) electrons. The van der Waals surface area contributed by atoms with Gasteiger partial charge in [0.15, 0.2) is 0 Å². The van der Waals surface area contributed by atoms with Crippen molar-refractivity contribution in [3.8, 4) is 0 Å². The summed E-state index contributed by atoms with van der Waals surface area (Å²) in [6.45, 7) is 5.47. The Morgan fingerprint density at radius 3 is 2.27 bits per heavy atom. The van der Waals surface area contributed by atoms with E-state index in [1.54, 1.807) is 4.90 Å². The Balaban J connectivity index is 1.12. The van der Waals surface area contributed by atoms with E-state index in [2.05, 4.69) is 47.2 Å². The van der Waals surface area contributed by atoms with Crippen LogP contribution in [-0.2, 0) is 26.0 Å². The van der Waals surface area contributed by atoms with Gasteiger partial charge in [-0.05, 0) is 75.6 Å². The summed E-state index contributed by atoms with van der Waals surface area (Å²) >= 11 is 18.5. The van der Waals surface area contributed by atoms with Crippen LogP contribution in [0, 0.1) is 5.92 Å². The summed E-state index contributed by atoms with van der Waals surface area (Å²) in [4.78, 5) is 19.8. The monoisotopic (exact) mass is 698 g/mol. The van der Waals surface area contributed by atoms with Crippen molar-refractivity contribution in [2.75, 3.05) is 66.6 Å². The van der Waals surface area contributed by atoms with Crippen LogP contribution in [0.3, 0.4) is 0 Å². The first-order valence-electron chi connectivity index (χ1n) is 15.9. The molecule has 2 saturated heterocycles. The van der Waals surface area contributed by atoms with Gasteiger partial charge in [0.1, 0.15) is 11.5 Å². The molecule has 2 aromatic rings. The molecule has 2 aliphatic heterocycles. The molecule has 1 aliphatic carbocycles. The van der Waals surface area contributed by atoms with Crippen molar-refractivity contribution in [3.63, 3.8) is 0 Å². The number of benzene rings is 2. The van der Waals surface area contributed by atoms with E-state index in [-0.39, 0.29) is 44.6 Å². The highest BCUT2D eigenvalue weighted by Gasteiger charge is 2.42. The summed E-state index contributed by atoms with van der Waals surface area (Å²) in [6.07, 6.45) is 6.81. The van der Waals surface area contributed by atoms with Gasteiger partial charge in [-0.2, -0.15) is 4.31 Å². The topological polar surface area (TPSA) is 73.4 Å². The predicted molar refractivity (Wildman–Crippen MR) is 181 cm³/mol. The molecule has 248 valence electrons. The van der Waals surface area contributed by atoms with Crippen LogP contribution in [0.15, 0.2) is 47.4 Å². The standard InChI is InChI=1S/C33H45Cl3N4O4S/c1-37-15-17-39(18-16-37)33(21-25-7-4-3-5-8-25)12-10-26(11-13-33)22-38(2)31(41)24-44-23-28-9-6-14-40(28)45(42,43)32-29(35)19-27(34)20-30(32)36/h3-5,7-8,19-20,26,28H,6,9-18,21-24H2,1-2H3. The number of carbonyl (C=O) groups is 1. The highest BCUT2D eigenvalue weighted by atomic mass is 35.5. The van der Waals surface area contributed by atoms with E-state index in [4.69, 9.17) is 39.5 Å². The van der Waals surface area contributed by atoms with E-state index >= 15 is 0 Å². The molecule has 0 spiro atoms. The molecule has 1 unspecified atom stereocenters. The lowest BCUT2D eigenvalue weighted by Gasteiger charge is -2.51. The van der Waals surface area contributed by atoms with Gasteiger partial charge in [0, 0.05) is 62.9 Å².